The fraction of sp³-hybridized carbons (Fsp3) is 0.0952. The van der Waals surface area contributed by atoms with Gasteiger partial charge in [-0.2, -0.15) is 4.40 Å². The van der Waals surface area contributed by atoms with E-state index in [4.69, 9.17) is 0 Å². The van der Waals surface area contributed by atoms with Crippen LogP contribution in [0.2, 0.25) is 0 Å². The maximum absolute atomic E-state index is 11.8. The van der Waals surface area contributed by atoms with Gasteiger partial charge in [-0.25, -0.2) is 9.78 Å². The Morgan fingerprint density at radius 3 is 2.81 bits per heavy atom. The summed E-state index contributed by atoms with van der Waals surface area (Å²) in [7, 11) is 0. The van der Waals surface area contributed by atoms with Crippen molar-refractivity contribution in [3.05, 3.63) is 73.3 Å². The van der Waals surface area contributed by atoms with E-state index < -0.39 is 0 Å². The second-order valence-corrected chi connectivity index (χ2v) is 6.15. The molecule has 0 radical (unpaired) electrons. The van der Waals surface area contributed by atoms with Crippen molar-refractivity contribution in [2.75, 3.05) is 11.9 Å². The number of urea groups is 1. The predicted molar refractivity (Wildman–Crippen MR) is 105 cm³/mol. The van der Waals surface area contributed by atoms with Gasteiger partial charge >= 0.3 is 6.03 Å². The quantitative estimate of drug-likeness (QED) is 0.488. The highest BCUT2D eigenvalue weighted by atomic mass is 16.2. The molecule has 6 nitrogen and oxygen atoms in total. The zero-order valence-electron chi connectivity index (χ0n) is 14.9. The van der Waals surface area contributed by atoms with Crippen molar-refractivity contribution in [2.45, 2.75) is 6.92 Å². The van der Waals surface area contributed by atoms with E-state index in [0.29, 0.717) is 6.54 Å². The number of benzene rings is 1. The fourth-order valence-electron chi connectivity index (χ4n) is 3.06. The molecule has 2 amide bonds. The van der Waals surface area contributed by atoms with E-state index in [1.54, 1.807) is 6.20 Å². The molecule has 0 aliphatic heterocycles. The predicted octanol–water partition coefficient (Wildman–Crippen LogP) is 3.62. The Labute approximate surface area is 156 Å². The molecule has 6 heteroatoms. The van der Waals surface area contributed by atoms with E-state index in [2.05, 4.69) is 37.1 Å². The van der Waals surface area contributed by atoms with Gasteiger partial charge in [0.2, 0.25) is 0 Å². The number of fused-ring (bicyclic) bond motifs is 1. The first-order valence-electron chi connectivity index (χ1n) is 8.83. The van der Waals surface area contributed by atoms with Gasteiger partial charge < -0.3 is 10.6 Å². The summed E-state index contributed by atoms with van der Waals surface area (Å²) >= 11 is 0. The van der Waals surface area contributed by atoms with E-state index in [9.17, 15) is 4.79 Å². The van der Waals surface area contributed by atoms with Crippen molar-refractivity contribution in [3.8, 4) is 22.4 Å². The van der Waals surface area contributed by atoms with Gasteiger partial charge in [0, 0.05) is 41.8 Å². The van der Waals surface area contributed by atoms with Gasteiger partial charge in [0.25, 0.3) is 5.65 Å². The number of carbonyl (C=O) groups excluding carboxylic acids is 1. The number of carbonyl (C=O) groups is 1. The molecule has 134 valence electrons. The molecule has 0 spiro atoms. The number of nitrogens with zero attached hydrogens (tertiary/aromatic N) is 2. The number of rotatable bonds is 4. The van der Waals surface area contributed by atoms with E-state index in [1.807, 2.05) is 61.9 Å². The lowest BCUT2D eigenvalue weighted by molar-refractivity contribution is -0.497. The minimum Gasteiger partial charge on any atom is -0.338 e. The highest BCUT2D eigenvalue weighted by Gasteiger charge is 2.14. The van der Waals surface area contributed by atoms with Crippen LogP contribution in [-0.2, 0) is 0 Å². The minimum atomic E-state index is -0.206. The molecule has 3 aromatic heterocycles. The molecule has 0 atom stereocenters. The van der Waals surface area contributed by atoms with Gasteiger partial charge in [-0.05, 0) is 36.8 Å². The fourth-order valence-corrected chi connectivity index (χ4v) is 3.06. The summed E-state index contributed by atoms with van der Waals surface area (Å²) in [5.41, 5.74) is 5.93. The summed E-state index contributed by atoms with van der Waals surface area (Å²) in [5, 5.41) is 5.58. The van der Waals surface area contributed by atoms with Crippen LogP contribution in [-0.4, -0.2) is 22.5 Å². The van der Waals surface area contributed by atoms with Gasteiger partial charge in [0.1, 0.15) is 6.20 Å². The average molecular weight is 358 g/mol. The first-order chi connectivity index (χ1) is 13.2. The highest BCUT2D eigenvalue weighted by molar-refractivity contribution is 5.89. The summed E-state index contributed by atoms with van der Waals surface area (Å²) in [6.07, 6.45) is 7.62. The van der Waals surface area contributed by atoms with Crippen molar-refractivity contribution in [1.29, 1.82) is 0 Å². The Balaban J connectivity index is 1.67. The Morgan fingerprint density at radius 1 is 1.11 bits per heavy atom. The number of pyridine rings is 2. The molecule has 27 heavy (non-hydrogen) atoms. The van der Waals surface area contributed by atoms with E-state index >= 15 is 0 Å². The molecule has 0 aliphatic rings. The van der Waals surface area contributed by atoms with Crippen molar-refractivity contribution in [2.24, 2.45) is 0 Å². The van der Waals surface area contributed by atoms with Gasteiger partial charge in [0.15, 0.2) is 5.69 Å². The third kappa shape index (κ3) is 3.50. The topological polar surface area (TPSA) is 73.9 Å². The smallest absolute Gasteiger partial charge is 0.319 e. The van der Waals surface area contributed by atoms with Crippen LogP contribution in [0.1, 0.15) is 6.92 Å². The first-order valence-corrected chi connectivity index (χ1v) is 8.83. The van der Waals surface area contributed by atoms with Crippen LogP contribution in [0.3, 0.4) is 0 Å². The first kappa shape index (κ1) is 16.8. The maximum atomic E-state index is 11.8. The van der Waals surface area contributed by atoms with Crippen molar-refractivity contribution < 1.29 is 9.20 Å². The zero-order chi connectivity index (χ0) is 18.6. The number of anilines is 1. The van der Waals surface area contributed by atoms with Gasteiger partial charge in [0.05, 0.1) is 6.20 Å². The largest absolute Gasteiger partial charge is 0.338 e. The lowest BCUT2D eigenvalue weighted by Gasteiger charge is -2.06. The Morgan fingerprint density at radius 2 is 2.00 bits per heavy atom. The Bertz CT molecular complexity index is 1090. The van der Waals surface area contributed by atoms with Crippen molar-refractivity contribution in [1.82, 2.24) is 15.3 Å². The Hall–Kier alpha value is -3.67. The van der Waals surface area contributed by atoms with Gasteiger partial charge in [-0.3, -0.25) is 4.98 Å². The van der Waals surface area contributed by atoms with Crippen molar-refractivity contribution in [3.63, 3.8) is 0 Å². The molecular weight excluding hydrogens is 338 g/mol. The van der Waals surface area contributed by atoms with Crippen LogP contribution < -0.4 is 15.0 Å². The van der Waals surface area contributed by atoms with Crippen molar-refractivity contribution >= 4 is 17.4 Å². The molecule has 4 aromatic rings. The van der Waals surface area contributed by atoms with Crippen LogP contribution in [0, 0.1) is 0 Å². The number of imidazole rings is 1. The lowest BCUT2D eigenvalue weighted by Crippen LogP contribution is -2.28. The molecule has 0 saturated heterocycles. The molecule has 0 unspecified atom stereocenters. The molecule has 0 aliphatic carbocycles. The molecule has 1 aromatic carbocycles. The molecule has 4 rings (SSSR count). The van der Waals surface area contributed by atoms with Crippen LogP contribution in [0.5, 0.6) is 0 Å². The number of hydrogen-bond donors (Lipinski definition) is 3. The lowest BCUT2D eigenvalue weighted by atomic mass is 10.1. The monoisotopic (exact) mass is 358 g/mol. The molecule has 0 saturated carbocycles. The number of H-pyrrole nitrogens is 1. The van der Waals surface area contributed by atoms with Crippen LogP contribution >= 0.6 is 0 Å². The molecule has 3 N–H and O–H groups in total. The van der Waals surface area contributed by atoms with Crippen LogP contribution in [0.25, 0.3) is 28.0 Å². The summed E-state index contributed by atoms with van der Waals surface area (Å²) in [6.45, 7) is 2.47. The number of hydrogen-bond acceptors (Lipinski definition) is 2. The standard InChI is InChI=1S/C21H19N5O/c1-2-23-21(27)25-18-7-3-5-16(11-18)19-14-24-20-12-15(8-10-26(19)20)17-6-4-9-22-13-17/h3-14H,2H2,1H3,(H2,23,25,27)/p+1. The van der Waals surface area contributed by atoms with E-state index in [-0.39, 0.29) is 6.03 Å². The maximum Gasteiger partial charge on any atom is 0.319 e. The summed E-state index contributed by atoms with van der Waals surface area (Å²) in [6, 6.07) is 15.7. The summed E-state index contributed by atoms with van der Waals surface area (Å²) < 4.78 is 2.09. The van der Waals surface area contributed by atoms with Crippen LogP contribution in [0.15, 0.2) is 73.3 Å². The third-order valence-electron chi connectivity index (χ3n) is 4.32. The average Bonchev–Trinajstić information content (AvgIpc) is 3.12. The van der Waals surface area contributed by atoms with Crippen LogP contribution in [0.4, 0.5) is 10.5 Å². The Kier molecular flexibility index (Phi) is 4.53. The van der Waals surface area contributed by atoms with Gasteiger partial charge in [-0.15, -0.1) is 0 Å². The highest BCUT2D eigenvalue weighted by Crippen LogP contribution is 2.22. The minimum absolute atomic E-state index is 0.206. The van der Waals surface area contributed by atoms with Gasteiger partial charge in [-0.1, -0.05) is 18.2 Å². The number of amides is 2. The molecular formula is C21H20N5O+. The number of aromatic amines is 1. The normalized spacial score (nSPS) is 10.7. The van der Waals surface area contributed by atoms with E-state index in [1.165, 1.54) is 0 Å². The molecule has 0 bridgehead atoms. The number of nitrogens with one attached hydrogen (secondary N) is 3. The summed E-state index contributed by atoms with van der Waals surface area (Å²) in [4.78, 5) is 19.3. The summed E-state index contributed by atoms with van der Waals surface area (Å²) in [5.74, 6) is 0. The third-order valence-corrected chi connectivity index (χ3v) is 4.32. The zero-order valence-corrected chi connectivity index (χ0v) is 14.9. The molecule has 3 heterocycles. The second-order valence-electron chi connectivity index (χ2n) is 6.15. The number of aromatic nitrogens is 3. The molecule has 0 fully saturated rings. The van der Waals surface area contributed by atoms with E-state index in [0.717, 1.165) is 33.7 Å². The second kappa shape index (κ2) is 7.29. The SMILES string of the molecule is CCNC(=O)Nc1cccc(-c2c[nH]c3cc(-c4cccnc4)cc[n+]23)c1.